The first-order chi connectivity index (χ1) is 12.7. The quantitative estimate of drug-likeness (QED) is 0.581. The highest BCUT2D eigenvalue weighted by molar-refractivity contribution is 5.80. The molecule has 0 heterocycles. The molecule has 150 valence electrons. The minimum atomic E-state index is 0.224. The fourth-order valence-electron chi connectivity index (χ4n) is 8.27. The summed E-state index contributed by atoms with van der Waals surface area (Å²) >= 11 is 0. The summed E-state index contributed by atoms with van der Waals surface area (Å²) in [5, 5.41) is 0. The molecule has 0 unspecified atom stereocenters. The lowest BCUT2D eigenvalue weighted by Gasteiger charge is -2.57. The zero-order valence-corrected chi connectivity index (χ0v) is 18.2. The standard InChI is InChI=1S/C25H38O2/c1-7-27-18-8-10-24(5)20-9-11-25(6)22(13-16(3)23(25)17(4)26)19(20)12-15(2)21(24)14-18/h14,16,19-20,22-23H,7-13H2,1-6H3/t16-,19-,20+,22+,23-,24-,25+/m1/s1. The number of carbonyl (C=O) groups excluding carboxylic acids is 1. The Hall–Kier alpha value is -1.05. The molecule has 0 amide bonds. The first-order valence-electron chi connectivity index (χ1n) is 11.3. The van der Waals surface area contributed by atoms with Gasteiger partial charge in [0.1, 0.15) is 5.78 Å². The maximum absolute atomic E-state index is 12.5. The van der Waals surface area contributed by atoms with Crippen LogP contribution in [0, 0.1) is 40.4 Å². The number of hydrogen-bond acceptors (Lipinski definition) is 2. The van der Waals surface area contributed by atoms with Crippen molar-refractivity contribution in [1.82, 2.24) is 0 Å². The summed E-state index contributed by atoms with van der Waals surface area (Å²) in [7, 11) is 0. The topological polar surface area (TPSA) is 26.3 Å². The van der Waals surface area contributed by atoms with E-state index in [4.69, 9.17) is 4.74 Å². The molecule has 0 aromatic heterocycles. The smallest absolute Gasteiger partial charge is 0.133 e. The van der Waals surface area contributed by atoms with Crippen LogP contribution in [-0.2, 0) is 9.53 Å². The summed E-state index contributed by atoms with van der Waals surface area (Å²) in [6.07, 6.45) is 9.70. The van der Waals surface area contributed by atoms with Crippen molar-refractivity contribution in [2.45, 2.75) is 80.1 Å². The molecular weight excluding hydrogens is 332 g/mol. The van der Waals surface area contributed by atoms with Crippen molar-refractivity contribution < 1.29 is 9.53 Å². The number of carbonyl (C=O) groups is 1. The Labute approximate surface area is 165 Å². The van der Waals surface area contributed by atoms with E-state index in [2.05, 4.69) is 40.7 Å². The highest BCUT2D eigenvalue weighted by Gasteiger charge is 2.61. The van der Waals surface area contributed by atoms with Gasteiger partial charge in [-0.2, -0.15) is 0 Å². The van der Waals surface area contributed by atoms with E-state index in [0.717, 1.165) is 24.9 Å². The summed E-state index contributed by atoms with van der Waals surface area (Å²) in [4.78, 5) is 12.5. The largest absolute Gasteiger partial charge is 0.498 e. The van der Waals surface area contributed by atoms with E-state index in [-0.39, 0.29) is 11.3 Å². The van der Waals surface area contributed by atoms with Gasteiger partial charge < -0.3 is 4.74 Å². The van der Waals surface area contributed by atoms with Crippen molar-refractivity contribution in [2.24, 2.45) is 40.4 Å². The Balaban J connectivity index is 1.72. The molecule has 0 saturated heterocycles. The lowest BCUT2D eigenvalue weighted by atomic mass is 9.47. The molecule has 0 aromatic carbocycles. The summed E-state index contributed by atoms with van der Waals surface area (Å²) in [5.41, 5.74) is 3.68. The normalized spacial score (nSPS) is 46.3. The van der Waals surface area contributed by atoms with Crippen molar-refractivity contribution in [2.75, 3.05) is 6.61 Å². The van der Waals surface area contributed by atoms with Crippen LogP contribution < -0.4 is 0 Å². The van der Waals surface area contributed by atoms with E-state index in [1.807, 2.05) is 6.92 Å². The zero-order chi connectivity index (χ0) is 19.6. The van der Waals surface area contributed by atoms with Crippen molar-refractivity contribution in [3.8, 4) is 0 Å². The molecular formula is C25H38O2. The molecule has 2 fully saturated rings. The van der Waals surface area contributed by atoms with Crippen LogP contribution in [0.1, 0.15) is 80.1 Å². The Morgan fingerprint density at radius 3 is 2.67 bits per heavy atom. The second-order valence-corrected chi connectivity index (χ2v) is 10.6. The average Bonchev–Trinajstić information content (AvgIpc) is 2.87. The summed E-state index contributed by atoms with van der Waals surface area (Å²) < 4.78 is 5.89. The third-order valence-electron chi connectivity index (χ3n) is 9.18. The fourth-order valence-corrected chi connectivity index (χ4v) is 8.27. The van der Waals surface area contributed by atoms with Crippen LogP contribution in [0.5, 0.6) is 0 Å². The Kier molecular flexibility index (Phi) is 4.63. The van der Waals surface area contributed by atoms with Gasteiger partial charge in [-0.15, -0.1) is 0 Å². The number of Topliss-reactive ketones (excluding diaryl/α,β-unsaturated/α-hetero) is 1. The van der Waals surface area contributed by atoms with Gasteiger partial charge in [0, 0.05) is 12.3 Å². The second kappa shape index (κ2) is 6.49. The summed E-state index contributed by atoms with van der Waals surface area (Å²) in [6, 6.07) is 0. The van der Waals surface area contributed by atoms with E-state index in [0.29, 0.717) is 23.0 Å². The highest BCUT2D eigenvalue weighted by Crippen LogP contribution is 2.67. The Bertz CT molecular complexity index is 701. The maximum Gasteiger partial charge on any atom is 0.133 e. The summed E-state index contributed by atoms with van der Waals surface area (Å²) in [5.74, 6) is 4.68. The van der Waals surface area contributed by atoms with E-state index in [9.17, 15) is 4.79 Å². The molecule has 2 heteroatoms. The van der Waals surface area contributed by atoms with Crippen LogP contribution in [0.15, 0.2) is 23.0 Å². The molecule has 0 aromatic rings. The lowest BCUT2D eigenvalue weighted by Crippen LogP contribution is -2.50. The minimum absolute atomic E-state index is 0.224. The minimum Gasteiger partial charge on any atom is -0.498 e. The molecule has 27 heavy (non-hydrogen) atoms. The molecule has 4 aliphatic carbocycles. The van der Waals surface area contributed by atoms with Crippen molar-refractivity contribution in [3.63, 3.8) is 0 Å². The number of rotatable bonds is 3. The van der Waals surface area contributed by atoms with E-state index < -0.39 is 0 Å². The first-order valence-corrected chi connectivity index (χ1v) is 11.3. The SMILES string of the molecule is CCOC1=CC2=C(C)C[C@H]3[C@@H]4C[C@@H](C)[C@H](C(C)=O)[C@@]4(C)CC[C@@H]3[C@@]2(C)CC1. The second-order valence-electron chi connectivity index (χ2n) is 10.6. The van der Waals surface area contributed by atoms with Crippen LogP contribution >= 0.6 is 0 Å². The van der Waals surface area contributed by atoms with Crippen LogP contribution in [0.25, 0.3) is 0 Å². The molecule has 4 aliphatic rings. The first kappa shape index (κ1) is 19.3. The average molecular weight is 371 g/mol. The predicted molar refractivity (Wildman–Crippen MR) is 110 cm³/mol. The third-order valence-corrected chi connectivity index (χ3v) is 9.18. The third kappa shape index (κ3) is 2.69. The van der Waals surface area contributed by atoms with Crippen molar-refractivity contribution in [1.29, 1.82) is 0 Å². The molecule has 0 N–H and O–H groups in total. The van der Waals surface area contributed by atoms with E-state index in [1.54, 1.807) is 11.1 Å². The van der Waals surface area contributed by atoms with Gasteiger partial charge in [-0.1, -0.05) is 26.3 Å². The molecule has 7 atom stereocenters. The number of allylic oxidation sites excluding steroid dienone is 4. The van der Waals surface area contributed by atoms with E-state index in [1.165, 1.54) is 37.9 Å². The van der Waals surface area contributed by atoms with Gasteiger partial charge in [-0.05, 0) is 99.0 Å². The molecule has 0 aliphatic heterocycles. The number of ketones is 1. The van der Waals surface area contributed by atoms with Gasteiger partial charge in [0.15, 0.2) is 0 Å². The van der Waals surface area contributed by atoms with Gasteiger partial charge >= 0.3 is 0 Å². The van der Waals surface area contributed by atoms with Crippen molar-refractivity contribution in [3.05, 3.63) is 23.0 Å². The van der Waals surface area contributed by atoms with Gasteiger partial charge in [-0.25, -0.2) is 0 Å². The lowest BCUT2D eigenvalue weighted by molar-refractivity contribution is -0.128. The fraction of sp³-hybridized carbons (Fsp3) is 0.800. The zero-order valence-electron chi connectivity index (χ0n) is 18.2. The maximum atomic E-state index is 12.5. The van der Waals surface area contributed by atoms with Crippen LogP contribution in [0.2, 0.25) is 0 Å². The monoisotopic (exact) mass is 370 g/mol. The molecule has 4 rings (SSSR count). The molecule has 2 nitrogen and oxygen atoms in total. The Morgan fingerprint density at radius 2 is 2.00 bits per heavy atom. The number of fused-ring (bicyclic) bond motifs is 5. The number of ether oxygens (including phenoxy) is 1. The van der Waals surface area contributed by atoms with Gasteiger partial charge in [0.05, 0.1) is 12.4 Å². The van der Waals surface area contributed by atoms with Crippen LogP contribution in [0.4, 0.5) is 0 Å². The van der Waals surface area contributed by atoms with E-state index >= 15 is 0 Å². The van der Waals surface area contributed by atoms with Gasteiger partial charge in [0.2, 0.25) is 0 Å². The summed E-state index contributed by atoms with van der Waals surface area (Å²) in [6.45, 7) is 14.4. The molecule has 0 radical (unpaired) electrons. The van der Waals surface area contributed by atoms with Crippen LogP contribution in [-0.4, -0.2) is 12.4 Å². The molecule has 0 spiro atoms. The Morgan fingerprint density at radius 1 is 1.26 bits per heavy atom. The predicted octanol–water partition coefficient (Wildman–Crippen LogP) is 6.32. The van der Waals surface area contributed by atoms with Gasteiger partial charge in [-0.3, -0.25) is 4.79 Å². The number of hydrogen-bond donors (Lipinski definition) is 0. The van der Waals surface area contributed by atoms with Gasteiger partial charge in [0.25, 0.3) is 0 Å². The highest BCUT2D eigenvalue weighted by atomic mass is 16.5. The van der Waals surface area contributed by atoms with Crippen molar-refractivity contribution >= 4 is 5.78 Å². The van der Waals surface area contributed by atoms with Crippen LogP contribution in [0.3, 0.4) is 0 Å². The molecule has 0 bridgehead atoms. The molecule has 2 saturated carbocycles.